The van der Waals surface area contributed by atoms with Crippen LogP contribution >= 0.6 is 0 Å². The normalized spacial score (nSPS) is 18.7. The van der Waals surface area contributed by atoms with Gasteiger partial charge in [-0.25, -0.2) is 4.79 Å². The molecular weight excluding hydrogens is 444 g/mol. The van der Waals surface area contributed by atoms with Gasteiger partial charge in [-0.15, -0.1) is 6.58 Å². The molecule has 184 valence electrons. The van der Waals surface area contributed by atoms with Gasteiger partial charge in [0.05, 0.1) is 0 Å². The number of rotatable bonds is 9. The van der Waals surface area contributed by atoms with Gasteiger partial charge in [0, 0.05) is 24.9 Å². The van der Waals surface area contributed by atoms with Gasteiger partial charge in [0.25, 0.3) is 0 Å². The van der Waals surface area contributed by atoms with E-state index < -0.39 is 12.1 Å². The number of benzene rings is 2. The molecule has 0 aromatic heterocycles. The Bertz CT molecular complexity index is 1050. The molecule has 2 aliphatic carbocycles. The molecule has 1 fully saturated rings. The Hall–Kier alpha value is -3.61. The molecule has 0 bridgehead atoms. The highest BCUT2D eigenvalue weighted by atomic mass is 16.5. The third kappa shape index (κ3) is 5.73. The van der Waals surface area contributed by atoms with E-state index in [1.54, 1.807) is 0 Å². The number of ether oxygens (including phenoxy) is 1. The molecule has 7 nitrogen and oxygen atoms in total. The number of nitrogens with one attached hydrogen (secondary N) is 1. The fourth-order valence-electron chi connectivity index (χ4n) is 5.36. The Balaban J connectivity index is 1.37. The SMILES string of the molecule is C=CCN(CC(=O)O)C(=O)C[C@H]1CCCC[C@H]1NC(=O)OCC1c2ccccc2-c2ccccc21. The summed E-state index contributed by atoms with van der Waals surface area (Å²) < 4.78 is 5.70. The molecule has 0 radical (unpaired) electrons. The second-order valence-corrected chi connectivity index (χ2v) is 9.28. The molecule has 2 aliphatic rings. The number of aliphatic carboxylic acids is 1. The highest BCUT2D eigenvalue weighted by molar-refractivity contribution is 5.82. The maximum Gasteiger partial charge on any atom is 0.407 e. The number of carboxylic acids is 1. The molecule has 2 aromatic carbocycles. The minimum atomic E-state index is -1.06. The lowest BCUT2D eigenvalue weighted by Crippen LogP contribution is -2.45. The first-order valence-electron chi connectivity index (χ1n) is 12.2. The predicted octanol–water partition coefficient (Wildman–Crippen LogP) is 4.57. The minimum absolute atomic E-state index is 0.0136. The fraction of sp³-hybridized carbons (Fsp3) is 0.393. The maximum atomic E-state index is 12.8. The van der Waals surface area contributed by atoms with Crippen LogP contribution in [-0.2, 0) is 14.3 Å². The summed E-state index contributed by atoms with van der Waals surface area (Å²) in [6.07, 6.45) is 4.73. The quantitative estimate of drug-likeness (QED) is 0.517. The van der Waals surface area contributed by atoms with Crippen LogP contribution in [0.4, 0.5) is 4.79 Å². The van der Waals surface area contributed by atoms with Crippen molar-refractivity contribution in [3.8, 4) is 11.1 Å². The van der Waals surface area contributed by atoms with Crippen LogP contribution in [0.15, 0.2) is 61.2 Å². The van der Waals surface area contributed by atoms with Gasteiger partial charge in [0.2, 0.25) is 5.91 Å². The maximum absolute atomic E-state index is 12.8. The molecule has 35 heavy (non-hydrogen) atoms. The topological polar surface area (TPSA) is 95.9 Å². The van der Waals surface area contributed by atoms with Crippen LogP contribution < -0.4 is 5.32 Å². The number of carbonyl (C=O) groups excluding carboxylic acids is 2. The number of alkyl carbamates (subject to hydrolysis) is 1. The van der Waals surface area contributed by atoms with Crippen LogP contribution in [0, 0.1) is 5.92 Å². The smallest absolute Gasteiger partial charge is 0.407 e. The zero-order valence-corrected chi connectivity index (χ0v) is 19.8. The second kappa shape index (κ2) is 11.2. The van der Waals surface area contributed by atoms with E-state index in [1.807, 2.05) is 24.3 Å². The summed E-state index contributed by atoms with van der Waals surface area (Å²) in [6, 6.07) is 16.2. The van der Waals surface area contributed by atoms with Crippen molar-refractivity contribution in [2.45, 2.75) is 44.1 Å². The van der Waals surface area contributed by atoms with Gasteiger partial charge in [-0.3, -0.25) is 9.59 Å². The van der Waals surface area contributed by atoms with Gasteiger partial charge in [-0.1, -0.05) is 67.4 Å². The van der Waals surface area contributed by atoms with E-state index in [0.29, 0.717) is 0 Å². The van der Waals surface area contributed by atoms with Crippen LogP contribution in [0.5, 0.6) is 0 Å². The summed E-state index contributed by atoms with van der Waals surface area (Å²) in [5.41, 5.74) is 4.66. The molecule has 0 aliphatic heterocycles. The number of hydrogen-bond acceptors (Lipinski definition) is 4. The highest BCUT2D eigenvalue weighted by Gasteiger charge is 2.32. The summed E-state index contributed by atoms with van der Waals surface area (Å²) in [5.74, 6) is -1.37. The Labute approximate surface area is 205 Å². The zero-order valence-electron chi connectivity index (χ0n) is 19.8. The van der Waals surface area contributed by atoms with Crippen molar-refractivity contribution in [3.05, 3.63) is 72.3 Å². The van der Waals surface area contributed by atoms with Gasteiger partial charge in [0.1, 0.15) is 13.2 Å². The molecule has 2 aromatic rings. The van der Waals surface area contributed by atoms with Crippen LogP contribution in [0.1, 0.15) is 49.1 Å². The van der Waals surface area contributed by atoms with E-state index >= 15 is 0 Å². The minimum Gasteiger partial charge on any atom is -0.480 e. The molecule has 7 heteroatoms. The summed E-state index contributed by atoms with van der Waals surface area (Å²) >= 11 is 0. The largest absolute Gasteiger partial charge is 0.480 e. The molecule has 2 N–H and O–H groups in total. The molecule has 1 saturated carbocycles. The second-order valence-electron chi connectivity index (χ2n) is 9.28. The highest BCUT2D eigenvalue weighted by Crippen LogP contribution is 2.44. The van der Waals surface area contributed by atoms with Crippen molar-refractivity contribution in [2.24, 2.45) is 5.92 Å². The van der Waals surface area contributed by atoms with E-state index in [1.165, 1.54) is 22.1 Å². The zero-order chi connectivity index (χ0) is 24.8. The number of hydrogen-bond donors (Lipinski definition) is 2. The first-order valence-corrected chi connectivity index (χ1v) is 12.2. The van der Waals surface area contributed by atoms with Crippen molar-refractivity contribution in [1.29, 1.82) is 0 Å². The fourth-order valence-corrected chi connectivity index (χ4v) is 5.36. The predicted molar refractivity (Wildman–Crippen MR) is 133 cm³/mol. The van der Waals surface area contributed by atoms with Gasteiger partial charge < -0.3 is 20.1 Å². The first-order chi connectivity index (χ1) is 17.0. The standard InChI is InChI=1S/C28H32N2O5/c1-2-15-30(17-27(32)33)26(31)16-19-9-3-8-14-25(19)29-28(34)35-18-24-22-12-6-4-10-20(22)21-11-5-7-13-23(21)24/h2,4-7,10-13,19,24-25H,1,3,8-9,14-18H2,(H,29,34)(H,32,33)/t19-,25-/m1/s1. The first kappa shape index (κ1) is 24.5. The lowest BCUT2D eigenvalue weighted by Gasteiger charge is -2.33. The van der Waals surface area contributed by atoms with E-state index in [0.717, 1.165) is 36.8 Å². The van der Waals surface area contributed by atoms with Crippen LogP contribution in [0.3, 0.4) is 0 Å². The summed E-state index contributed by atoms with van der Waals surface area (Å²) in [4.78, 5) is 38.0. The van der Waals surface area contributed by atoms with E-state index in [9.17, 15) is 14.4 Å². The van der Waals surface area contributed by atoms with Crippen molar-refractivity contribution >= 4 is 18.0 Å². The third-order valence-electron chi connectivity index (χ3n) is 7.02. The molecule has 4 rings (SSSR count). The lowest BCUT2D eigenvalue weighted by atomic mass is 9.82. The van der Waals surface area contributed by atoms with Crippen LogP contribution in [-0.4, -0.2) is 53.7 Å². The molecule has 2 amide bonds. The van der Waals surface area contributed by atoms with Gasteiger partial charge >= 0.3 is 12.1 Å². The van der Waals surface area contributed by atoms with E-state index in [4.69, 9.17) is 9.84 Å². The number of nitrogens with zero attached hydrogens (tertiary/aromatic N) is 1. The monoisotopic (exact) mass is 476 g/mol. The summed E-state index contributed by atoms with van der Waals surface area (Å²) in [5, 5.41) is 12.1. The Morgan fingerprint density at radius 3 is 2.29 bits per heavy atom. The number of amides is 2. The molecule has 0 unspecified atom stereocenters. The molecule has 0 saturated heterocycles. The average Bonchev–Trinajstić information content (AvgIpc) is 3.17. The molecule has 2 atom stereocenters. The van der Waals surface area contributed by atoms with Crippen molar-refractivity contribution < 1.29 is 24.2 Å². The Morgan fingerprint density at radius 1 is 1.03 bits per heavy atom. The van der Waals surface area contributed by atoms with Crippen molar-refractivity contribution in [2.75, 3.05) is 19.7 Å². The van der Waals surface area contributed by atoms with Gasteiger partial charge in [-0.05, 0) is 41.0 Å². The number of carboxylic acid groups (broad SMARTS) is 1. The third-order valence-corrected chi connectivity index (χ3v) is 7.02. The van der Waals surface area contributed by atoms with Gasteiger partial charge in [-0.2, -0.15) is 0 Å². The summed E-state index contributed by atoms with van der Waals surface area (Å²) in [6.45, 7) is 3.67. The van der Waals surface area contributed by atoms with E-state index in [-0.39, 0.29) is 49.9 Å². The van der Waals surface area contributed by atoms with Gasteiger partial charge in [0.15, 0.2) is 0 Å². The molecule has 0 spiro atoms. The van der Waals surface area contributed by atoms with Crippen LogP contribution in [0.25, 0.3) is 11.1 Å². The summed E-state index contributed by atoms with van der Waals surface area (Å²) in [7, 11) is 0. The Kier molecular flexibility index (Phi) is 7.85. The van der Waals surface area contributed by atoms with E-state index in [2.05, 4.69) is 36.2 Å². The Morgan fingerprint density at radius 2 is 1.66 bits per heavy atom. The molecule has 0 heterocycles. The molecular formula is C28H32N2O5. The van der Waals surface area contributed by atoms with Crippen molar-refractivity contribution in [1.82, 2.24) is 10.2 Å². The average molecular weight is 477 g/mol. The van der Waals surface area contributed by atoms with Crippen LogP contribution in [0.2, 0.25) is 0 Å². The van der Waals surface area contributed by atoms with Crippen molar-refractivity contribution in [3.63, 3.8) is 0 Å². The lowest BCUT2D eigenvalue weighted by molar-refractivity contribution is -0.144. The number of fused-ring (bicyclic) bond motifs is 3. The number of carbonyl (C=O) groups is 3.